The molecule has 1 saturated carbocycles. The van der Waals surface area contributed by atoms with Gasteiger partial charge in [-0.1, -0.05) is 19.3 Å². The molecule has 0 radical (unpaired) electrons. The molecule has 1 aliphatic rings. The van der Waals surface area contributed by atoms with E-state index in [0.29, 0.717) is 6.61 Å². The maximum atomic E-state index is 6.04. The molecule has 0 aromatic carbocycles. The molecular weight excluding hydrogens is 194 g/mol. The maximum absolute atomic E-state index is 6.04. The summed E-state index contributed by atoms with van der Waals surface area (Å²) in [6, 6.07) is 0.168. The van der Waals surface area contributed by atoms with E-state index in [-0.39, 0.29) is 18.4 Å². The first-order chi connectivity index (χ1) is 7.27. The van der Waals surface area contributed by atoms with Gasteiger partial charge in [0.2, 0.25) is 0 Å². The molecule has 15 heavy (non-hydrogen) atoms. The van der Waals surface area contributed by atoms with Gasteiger partial charge in [-0.15, -0.1) is 0 Å². The van der Waals surface area contributed by atoms with Crippen molar-refractivity contribution in [2.75, 3.05) is 20.8 Å². The van der Waals surface area contributed by atoms with Crippen LogP contribution in [0.1, 0.15) is 32.1 Å². The minimum absolute atomic E-state index is 0.167. The minimum Gasteiger partial charge on any atom is -0.371 e. The zero-order chi connectivity index (χ0) is 11.1. The first-order valence-electron chi connectivity index (χ1n) is 5.70. The highest BCUT2D eigenvalue weighted by Gasteiger charge is 2.22. The van der Waals surface area contributed by atoms with Gasteiger partial charge >= 0.3 is 0 Å². The van der Waals surface area contributed by atoms with E-state index in [0.717, 1.165) is 12.8 Å². The molecule has 2 N–H and O–H groups in total. The highest BCUT2D eigenvalue weighted by Crippen LogP contribution is 2.19. The molecule has 2 atom stereocenters. The summed E-state index contributed by atoms with van der Waals surface area (Å²) in [6.45, 7) is 0.464. The quantitative estimate of drug-likeness (QED) is 0.557. The molecule has 0 saturated heterocycles. The Morgan fingerprint density at radius 2 is 1.80 bits per heavy atom. The summed E-state index contributed by atoms with van der Waals surface area (Å²) in [6.07, 6.45) is 5.71. The molecule has 0 aromatic rings. The summed E-state index contributed by atoms with van der Waals surface area (Å²) < 4.78 is 15.9. The predicted octanol–water partition coefficient (Wildman–Crippen LogP) is 1.28. The van der Waals surface area contributed by atoms with Crippen LogP contribution >= 0.6 is 0 Å². The van der Waals surface area contributed by atoms with Crippen LogP contribution in [-0.2, 0) is 14.2 Å². The lowest BCUT2D eigenvalue weighted by Gasteiger charge is -2.24. The topological polar surface area (TPSA) is 53.7 Å². The van der Waals surface area contributed by atoms with Crippen molar-refractivity contribution >= 4 is 0 Å². The molecule has 90 valence electrons. The summed E-state index contributed by atoms with van der Waals surface area (Å²) in [5, 5.41) is 0. The standard InChI is InChI=1S/C11H23NO3/c1-13-11(14-2)8-15-10-7-5-3-4-6-9(10)12/h9-11H,3-8,12H2,1-2H3. The third kappa shape index (κ3) is 4.47. The molecule has 1 aliphatic carbocycles. The summed E-state index contributed by atoms with van der Waals surface area (Å²) in [7, 11) is 3.23. The molecule has 0 bridgehead atoms. The number of methoxy groups -OCH3 is 2. The van der Waals surface area contributed by atoms with Crippen LogP contribution < -0.4 is 5.73 Å². The second kappa shape index (κ2) is 7.17. The van der Waals surface area contributed by atoms with Gasteiger partial charge in [-0.3, -0.25) is 0 Å². The SMILES string of the molecule is COC(COC1CCCCCC1N)OC. The highest BCUT2D eigenvalue weighted by atomic mass is 16.7. The maximum Gasteiger partial charge on any atom is 0.180 e. The molecule has 1 rings (SSSR count). The molecule has 2 unspecified atom stereocenters. The van der Waals surface area contributed by atoms with Gasteiger partial charge in [-0.25, -0.2) is 0 Å². The van der Waals surface area contributed by atoms with Crippen LogP contribution in [0.2, 0.25) is 0 Å². The largest absolute Gasteiger partial charge is 0.371 e. The van der Waals surface area contributed by atoms with Crippen LogP contribution in [0.5, 0.6) is 0 Å². The zero-order valence-corrected chi connectivity index (χ0v) is 9.78. The number of rotatable bonds is 5. The van der Waals surface area contributed by atoms with E-state index < -0.39 is 0 Å². The third-order valence-electron chi connectivity index (χ3n) is 2.98. The van der Waals surface area contributed by atoms with E-state index in [1.165, 1.54) is 19.3 Å². The summed E-state index contributed by atoms with van der Waals surface area (Å²) >= 11 is 0. The molecular formula is C11H23NO3. The fourth-order valence-electron chi connectivity index (χ4n) is 1.94. The van der Waals surface area contributed by atoms with Crippen molar-refractivity contribution in [3.05, 3.63) is 0 Å². The Morgan fingerprint density at radius 3 is 2.47 bits per heavy atom. The van der Waals surface area contributed by atoms with Gasteiger partial charge in [0.1, 0.15) is 0 Å². The third-order valence-corrected chi connectivity index (χ3v) is 2.98. The average molecular weight is 217 g/mol. The second-order valence-electron chi connectivity index (χ2n) is 4.07. The summed E-state index contributed by atoms with van der Waals surface area (Å²) in [4.78, 5) is 0. The van der Waals surface area contributed by atoms with Crippen molar-refractivity contribution < 1.29 is 14.2 Å². The van der Waals surface area contributed by atoms with Crippen molar-refractivity contribution in [3.63, 3.8) is 0 Å². The van der Waals surface area contributed by atoms with Gasteiger partial charge < -0.3 is 19.9 Å². The number of ether oxygens (including phenoxy) is 3. The van der Waals surface area contributed by atoms with Crippen molar-refractivity contribution in [1.82, 2.24) is 0 Å². The Hall–Kier alpha value is -0.160. The monoisotopic (exact) mass is 217 g/mol. The fourth-order valence-corrected chi connectivity index (χ4v) is 1.94. The molecule has 0 spiro atoms. The van der Waals surface area contributed by atoms with E-state index in [2.05, 4.69) is 0 Å². The summed E-state index contributed by atoms with van der Waals surface area (Å²) in [5.41, 5.74) is 6.04. The van der Waals surface area contributed by atoms with Gasteiger partial charge in [0, 0.05) is 20.3 Å². The summed E-state index contributed by atoms with van der Waals surface area (Å²) in [5.74, 6) is 0. The van der Waals surface area contributed by atoms with Crippen molar-refractivity contribution in [2.24, 2.45) is 5.73 Å². The van der Waals surface area contributed by atoms with E-state index in [4.69, 9.17) is 19.9 Å². The molecule has 0 heterocycles. The first-order valence-corrected chi connectivity index (χ1v) is 5.70. The lowest BCUT2D eigenvalue weighted by Crippen LogP contribution is -2.38. The minimum atomic E-state index is -0.277. The Labute approximate surface area is 92.1 Å². The molecule has 0 aliphatic heterocycles. The van der Waals surface area contributed by atoms with Crippen LogP contribution in [0.3, 0.4) is 0 Å². The van der Waals surface area contributed by atoms with Crippen molar-refractivity contribution in [1.29, 1.82) is 0 Å². The van der Waals surface area contributed by atoms with E-state index in [9.17, 15) is 0 Å². The highest BCUT2D eigenvalue weighted by molar-refractivity contribution is 4.77. The molecule has 4 nitrogen and oxygen atoms in total. The molecule has 0 aromatic heterocycles. The predicted molar refractivity (Wildman–Crippen MR) is 58.6 cm³/mol. The Balaban J connectivity index is 2.28. The lowest BCUT2D eigenvalue weighted by atomic mass is 10.1. The Kier molecular flexibility index (Phi) is 6.17. The molecule has 4 heteroatoms. The zero-order valence-electron chi connectivity index (χ0n) is 9.78. The van der Waals surface area contributed by atoms with E-state index in [1.54, 1.807) is 14.2 Å². The first kappa shape index (κ1) is 12.9. The van der Waals surface area contributed by atoms with Gasteiger partial charge in [0.25, 0.3) is 0 Å². The van der Waals surface area contributed by atoms with Gasteiger partial charge in [0.05, 0.1) is 12.7 Å². The normalized spacial score (nSPS) is 28.0. The lowest BCUT2D eigenvalue weighted by molar-refractivity contribution is -0.154. The van der Waals surface area contributed by atoms with E-state index >= 15 is 0 Å². The van der Waals surface area contributed by atoms with Gasteiger partial charge in [-0.2, -0.15) is 0 Å². The number of hydrogen-bond acceptors (Lipinski definition) is 4. The average Bonchev–Trinajstić information content (AvgIpc) is 2.45. The van der Waals surface area contributed by atoms with Gasteiger partial charge in [0.15, 0.2) is 6.29 Å². The van der Waals surface area contributed by atoms with Crippen LogP contribution in [0.15, 0.2) is 0 Å². The van der Waals surface area contributed by atoms with Crippen molar-refractivity contribution in [3.8, 4) is 0 Å². The Bertz CT molecular complexity index is 162. The van der Waals surface area contributed by atoms with Crippen molar-refractivity contribution in [2.45, 2.75) is 50.5 Å². The number of hydrogen-bond donors (Lipinski definition) is 1. The fraction of sp³-hybridized carbons (Fsp3) is 1.00. The van der Waals surface area contributed by atoms with E-state index in [1.807, 2.05) is 0 Å². The van der Waals surface area contributed by atoms with Crippen LogP contribution in [0.4, 0.5) is 0 Å². The van der Waals surface area contributed by atoms with Crippen LogP contribution in [0, 0.1) is 0 Å². The molecule has 0 amide bonds. The Morgan fingerprint density at radius 1 is 1.13 bits per heavy atom. The smallest absolute Gasteiger partial charge is 0.180 e. The number of nitrogens with two attached hydrogens (primary N) is 1. The second-order valence-corrected chi connectivity index (χ2v) is 4.07. The van der Waals surface area contributed by atoms with Crippen LogP contribution in [0.25, 0.3) is 0 Å². The molecule has 1 fully saturated rings. The van der Waals surface area contributed by atoms with Crippen LogP contribution in [-0.4, -0.2) is 39.3 Å². The van der Waals surface area contributed by atoms with Gasteiger partial charge in [-0.05, 0) is 12.8 Å².